The predicted molar refractivity (Wildman–Crippen MR) is 350 cm³/mol. The Kier molecular flexibility index (Phi) is 24.3. The highest BCUT2D eigenvalue weighted by Gasteiger charge is 2.71. The summed E-state index contributed by atoms with van der Waals surface area (Å²) >= 11 is 0. The van der Waals surface area contributed by atoms with Gasteiger partial charge in [0, 0.05) is 0 Å². The van der Waals surface area contributed by atoms with E-state index in [1.54, 1.807) is 0 Å². The van der Waals surface area contributed by atoms with Crippen LogP contribution in [0.4, 0.5) is 0 Å². The number of aliphatic hydroxyl groups is 19. The summed E-state index contributed by atoms with van der Waals surface area (Å²) in [5.41, 5.74) is -1.80. The van der Waals surface area contributed by atoms with Gasteiger partial charge in [-0.05, 0) is 130 Å². The fraction of sp³-hybridized carbons (Fsp3) is 0.958. The van der Waals surface area contributed by atoms with Crippen LogP contribution in [0.3, 0.4) is 0 Å². The van der Waals surface area contributed by atoms with Crippen molar-refractivity contribution in [2.24, 2.45) is 50.2 Å². The van der Waals surface area contributed by atoms with Crippen molar-refractivity contribution in [3.63, 3.8) is 0 Å². The molecule has 12 aliphatic rings. The first-order valence-electron chi connectivity index (χ1n) is 37.3. The Balaban J connectivity index is 0.725. The lowest BCUT2D eigenvalue weighted by molar-refractivity contribution is -0.387. The predicted octanol–water partition coefficient (Wildman–Crippen LogP) is -4.84. The van der Waals surface area contributed by atoms with Gasteiger partial charge < -0.3 is 163 Å². The molecule has 0 radical (unpaired) electrons. The van der Waals surface area contributed by atoms with Crippen molar-refractivity contribution in [3.05, 3.63) is 11.6 Å². The molecule has 5 aliphatic carbocycles. The van der Waals surface area contributed by atoms with Gasteiger partial charge in [0.15, 0.2) is 37.7 Å². The third-order valence-corrected chi connectivity index (χ3v) is 27.3. The number of carbonyl (C=O) groups is 1. The number of esters is 1. The quantitative estimate of drug-likeness (QED) is 0.0369. The average molecular weight is 1510 g/mol. The summed E-state index contributed by atoms with van der Waals surface area (Å²) in [5.74, 6) is -0.810. The average Bonchev–Trinajstić information content (AvgIpc) is 0.674. The lowest BCUT2D eigenvalue weighted by atomic mass is 9.33. The molecule has 34 heteroatoms. The molecule has 0 spiro atoms. The van der Waals surface area contributed by atoms with Crippen LogP contribution in [0.2, 0.25) is 0 Å². The van der Waals surface area contributed by atoms with Gasteiger partial charge in [-0.15, -0.1) is 0 Å². The lowest BCUT2D eigenvalue weighted by Gasteiger charge is -2.71. The van der Waals surface area contributed by atoms with E-state index in [4.69, 9.17) is 66.3 Å². The third kappa shape index (κ3) is 14.5. The van der Waals surface area contributed by atoms with Gasteiger partial charge in [0.05, 0.1) is 56.3 Å². The van der Waals surface area contributed by atoms with E-state index in [0.717, 1.165) is 12.8 Å². The van der Waals surface area contributed by atoms with E-state index in [1.807, 2.05) is 0 Å². The van der Waals surface area contributed by atoms with Crippen LogP contribution in [-0.4, -0.2) is 344 Å². The van der Waals surface area contributed by atoms with Crippen LogP contribution < -0.4 is 0 Å². The van der Waals surface area contributed by atoms with Gasteiger partial charge in [0.1, 0.15) is 146 Å². The topological polar surface area (TPSA) is 531 Å². The Hall–Kier alpha value is -2.07. The van der Waals surface area contributed by atoms with E-state index in [1.165, 1.54) is 26.3 Å². The molecule has 19 N–H and O–H groups in total. The van der Waals surface area contributed by atoms with Gasteiger partial charge in [0.25, 0.3) is 0 Å². The van der Waals surface area contributed by atoms with Gasteiger partial charge in [-0.1, -0.05) is 60.1 Å². The van der Waals surface area contributed by atoms with Crippen molar-refractivity contribution in [2.75, 3.05) is 26.4 Å². The van der Waals surface area contributed by atoms with Crippen molar-refractivity contribution in [3.8, 4) is 0 Å². The minimum atomic E-state index is -1.95. The maximum absolute atomic E-state index is 15.4. The zero-order valence-electron chi connectivity index (χ0n) is 61.0. The van der Waals surface area contributed by atoms with E-state index >= 15 is 4.79 Å². The van der Waals surface area contributed by atoms with E-state index in [9.17, 15) is 97.0 Å². The molecule has 0 aromatic rings. The fourth-order valence-electron chi connectivity index (χ4n) is 20.4. The van der Waals surface area contributed by atoms with Crippen molar-refractivity contribution < 1.29 is 168 Å². The molecule has 4 saturated carbocycles. The van der Waals surface area contributed by atoms with Gasteiger partial charge in [-0.3, -0.25) is 4.79 Å². The summed E-state index contributed by atoms with van der Waals surface area (Å²) < 4.78 is 84.1. The molecule has 0 bridgehead atoms. The van der Waals surface area contributed by atoms with E-state index in [-0.39, 0.29) is 34.0 Å². The van der Waals surface area contributed by atoms with Gasteiger partial charge in [-0.2, -0.15) is 0 Å². The second-order valence-electron chi connectivity index (χ2n) is 34.2. The summed E-state index contributed by atoms with van der Waals surface area (Å²) in [5, 5.41) is 208. The Bertz CT molecular complexity index is 2990. The van der Waals surface area contributed by atoms with Crippen molar-refractivity contribution >= 4 is 5.97 Å². The molecule has 12 rings (SSSR count). The number of fused-ring (bicyclic) bond motifs is 7. The van der Waals surface area contributed by atoms with Gasteiger partial charge >= 0.3 is 5.97 Å². The highest BCUT2D eigenvalue weighted by atomic mass is 16.8. The van der Waals surface area contributed by atoms with E-state index in [2.05, 4.69) is 54.5 Å². The van der Waals surface area contributed by atoms with Crippen molar-refractivity contribution in [1.29, 1.82) is 0 Å². The zero-order chi connectivity index (χ0) is 76.6. The molecule has 34 nitrogen and oxygen atoms in total. The summed E-state index contributed by atoms with van der Waals surface area (Å²) in [6.45, 7) is 17.2. The summed E-state index contributed by atoms with van der Waals surface area (Å²) in [4.78, 5) is 15.4. The van der Waals surface area contributed by atoms with E-state index < -0.39 is 264 Å². The molecule has 11 fully saturated rings. The number of aliphatic hydroxyl groups excluding tert-OH is 19. The van der Waals surface area contributed by atoms with Crippen LogP contribution in [0, 0.1) is 50.2 Å². The number of hydrogen-bond donors (Lipinski definition) is 19. The minimum absolute atomic E-state index is 0.0322. The molecule has 604 valence electrons. The first-order chi connectivity index (χ1) is 49.2. The summed E-state index contributed by atoms with van der Waals surface area (Å²) in [6, 6.07) is 0. The smallest absolute Gasteiger partial charge is 0.315 e. The standard InChI is InChI=1S/C71H116O34/c1-26-38(74)43(79)49(85)59(94-26)102-55-31(22-72)97-58(53(89)47(55)83)92-24-33-41(77)46(82)52(88)63(99-33)105-65(91)71-19-17-66(4,5)21-30(71)29-11-12-36-68(8)15-14-37(67(6,7)35(68)13-16-70(36,10)69(29,9)18-20-71)101-64-57(104-61-51(87)45(81)40(76)28(3)96-61)42(78)34(25-93-64)100-62-54(90)48(84)56(32(23-73)98-62)103-60-50(86)44(80)39(75)27(2)95-60/h11,26-28,30-64,72-90H,12-25H2,1-10H3/t26-,27-,28-,30-,31+,32+,33+,34-,35-,36+,37-,38-,39-,40-,41+,42-,43+,44+,45+,46-,47+,48+,49+,50+,51+,52+,53+,54+,55+,56+,57+,58+,59-,60-,61-,62-,63-,64-,68-,69+,70+,71-/m0/s1. The van der Waals surface area contributed by atoms with Gasteiger partial charge in [0.2, 0.25) is 6.29 Å². The third-order valence-electron chi connectivity index (χ3n) is 27.3. The number of hydrogen-bond acceptors (Lipinski definition) is 34. The number of ether oxygens (including phenoxy) is 14. The van der Waals surface area contributed by atoms with Crippen molar-refractivity contribution in [2.45, 2.75) is 348 Å². The summed E-state index contributed by atoms with van der Waals surface area (Å²) in [7, 11) is 0. The van der Waals surface area contributed by atoms with E-state index in [0.29, 0.717) is 51.4 Å². The maximum atomic E-state index is 15.4. The molecule has 0 aromatic heterocycles. The Morgan fingerprint density at radius 3 is 1.46 bits per heavy atom. The van der Waals surface area contributed by atoms with Crippen LogP contribution in [0.25, 0.3) is 0 Å². The molecule has 42 atom stereocenters. The highest BCUT2D eigenvalue weighted by Crippen LogP contribution is 2.76. The summed E-state index contributed by atoms with van der Waals surface area (Å²) in [6.07, 6.45) is -47.5. The zero-order valence-corrected chi connectivity index (χ0v) is 61.0. The van der Waals surface area contributed by atoms with Crippen LogP contribution in [-0.2, 0) is 71.1 Å². The van der Waals surface area contributed by atoms with Crippen LogP contribution in [0.5, 0.6) is 0 Å². The molecule has 7 heterocycles. The highest BCUT2D eigenvalue weighted by molar-refractivity contribution is 5.79. The second kappa shape index (κ2) is 31.0. The lowest BCUT2D eigenvalue weighted by Crippen LogP contribution is -2.67. The molecule has 7 aliphatic heterocycles. The Labute approximate surface area is 608 Å². The number of rotatable bonds is 17. The molecule has 0 unspecified atom stereocenters. The van der Waals surface area contributed by atoms with Crippen molar-refractivity contribution in [1.82, 2.24) is 0 Å². The Morgan fingerprint density at radius 1 is 0.448 bits per heavy atom. The monoisotopic (exact) mass is 1510 g/mol. The van der Waals surface area contributed by atoms with Crippen LogP contribution in [0.15, 0.2) is 11.6 Å². The maximum Gasteiger partial charge on any atom is 0.315 e. The molecular weight excluding hydrogens is 1400 g/mol. The van der Waals surface area contributed by atoms with Gasteiger partial charge in [-0.25, -0.2) is 0 Å². The Morgan fingerprint density at radius 2 is 0.914 bits per heavy atom. The molecular formula is C71H116O34. The molecule has 105 heavy (non-hydrogen) atoms. The fourth-order valence-corrected chi connectivity index (χ4v) is 20.4. The normalized spacial score (nSPS) is 55.0. The second-order valence-corrected chi connectivity index (χ2v) is 34.2. The SMILES string of the molecule is C[C@@H]1O[C@@H](O[C@H]2[C@H](O[C@H]3CC[C@]4(C)[C@H]5CC=C6[C@@H]7CC(C)(C)CC[C@]7(C(=O)O[C@@H]7O[C@H](CO[C@@H]8O[C@H](CO)[C@@H](O[C@@H]9O[C@@H](C)[C@H](O)[C@@H](O)[C@H]9O)[C@H](O)[C@H]8O)[C@@H](O)[C@H](O)[C@H]7O)CC[C@@]6(C)[C@]5(C)CC[C@H]4C3(C)C)OC[C@H](O[C@@H]3O[C@H](CO)[C@@H](O[C@@H]4O[C@@H](C)[C@H](O)[C@@H](O)[C@H]4O)[C@H](O)[C@H]3O)[C@@H]2O)[C@H](O)[C@H](O)[C@H]1O. The first-order valence-corrected chi connectivity index (χ1v) is 37.3. The first kappa shape index (κ1) is 82.4. The molecule has 7 saturated heterocycles. The molecule has 0 aromatic carbocycles. The number of allylic oxidation sites excluding steroid dienone is 2. The van der Waals surface area contributed by atoms with Crippen LogP contribution >= 0.6 is 0 Å². The largest absolute Gasteiger partial charge is 0.432 e. The van der Waals surface area contributed by atoms with Crippen LogP contribution in [0.1, 0.15) is 133 Å². The number of carbonyl (C=O) groups excluding carboxylic acids is 1. The molecule has 0 amide bonds. The minimum Gasteiger partial charge on any atom is -0.432 e.